The molecule has 0 spiro atoms. The van der Waals surface area contributed by atoms with Crippen LogP contribution >= 0.6 is 0 Å². The van der Waals surface area contributed by atoms with Gasteiger partial charge in [0, 0.05) is 0 Å². The molecule has 5 heteroatoms. The van der Waals surface area contributed by atoms with E-state index in [0.717, 1.165) is 12.1 Å². The Labute approximate surface area is 73.1 Å². The van der Waals surface area contributed by atoms with Gasteiger partial charge in [-0.25, -0.2) is 13.6 Å². The number of carbonyl (C=O) groups excluding carboxylic acids is 1. The first-order valence-electron chi connectivity index (χ1n) is 3.46. The Bertz CT molecular complexity index is 308. The molecule has 0 bridgehead atoms. The van der Waals surface area contributed by atoms with Gasteiger partial charge in [-0.05, 0) is 12.1 Å². The van der Waals surface area contributed by atoms with E-state index in [0.29, 0.717) is 0 Å². The molecule has 0 unspecified atom stereocenters. The number of carbonyl (C=O) groups is 1. The Balaban J connectivity index is 2.81. The topological polar surface area (TPSA) is 52.3 Å². The summed E-state index contributed by atoms with van der Waals surface area (Å²) in [5, 5.41) is 0. The minimum absolute atomic E-state index is 0.304. The van der Waals surface area contributed by atoms with Crippen molar-refractivity contribution in [2.45, 2.75) is 6.61 Å². The molecule has 0 aliphatic rings. The number of nitrogens with two attached hydrogens (primary N) is 1. The molecule has 0 saturated heterocycles. The van der Waals surface area contributed by atoms with E-state index < -0.39 is 24.3 Å². The van der Waals surface area contributed by atoms with Gasteiger partial charge in [-0.3, -0.25) is 0 Å². The fraction of sp³-hybridized carbons (Fsp3) is 0.125. The Morgan fingerprint density at radius 2 is 1.92 bits per heavy atom. The van der Waals surface area contributed by atoms with Crippen LogP contribution in [0.4, 0.5) is 13.6 Å². The molecule has 0 radical (unpaired) electrons. The zero-order valence-electron chi connectivity index (χ0n) is 6.59. The lowest BCUT2D eigenvalue weighted by Crippen LogP contribution is -2.13. The van der Waals surface area contributed by atoms with Crippen molar-refractivity contribution in [3.63, 3.8) is 0 Å². The summed E-state index contributed by atoms with van der Waals surface area (Å²) in [6.07, 6.45) is -1.07. The van der Waals surface area contributed by atoms with Crippen molar-refractivity contribution in [2.24, 2.45) is 5.73 Å². The monoisotopic (exact) mass is 187 g/mol. The maximum Gasteiger partial charge on any atom is 0.404 e. The Hall–Kier alpha value is -1.65. The number of rotatable bonds is 2. The van der Waals surface area contributed by atoms with Crippen LogP contribution in [0.5, 0.6) is 0 Å². The fourth-order valence-corrected chi connectivity index (χ4v) is 0.814. The highest BCUT2D eigenvalue weighted by molar-refractivity contribution is 5.64. The molecule has 3 nitrogen and oxygen atoms in total. The second-order valence-corrected chi connectivity index (χ2v) is 2.31. The van der Waals surface area contributed by atoms with Crippen LogP contribution in [-0.2, 0) is 11.3 Å². The molecule has 1 aromatic rings. The van der Waals surface area contributed by atoms with Crippen LogP contribution < -0.4 is 5.73 Å². The highest BCUT2D eigenvalue weighted by Crippen LogP contribution is 2.12. The van der Waals surface area contributed by atoms with Crippen LogP contribution in [0.1, 0.15) is 5.56 Å². The molecule has 0 saturated carbocycles. The normalized spacial score (nSPS) is 9.69. The predicted molar refractivity (Wildman–Crippen MR) is 40.7 cm³/mol. The summed E-state index contributed by atoms with van der Waals surface area (Å²) in [4.78, 5) is 10.2. The minimum Gasteiger partial charge on any atom is -0.445 e. The number of hydrogen-bond donors (Lipinski definition) is 1. The van der Waals surface area contributed by atoms with Crippen molar-refractivity contribution >= 4 is 6.09 Å². The number of ether oxygens (including phenoxy) is 1. The molecule has 0 aliphatic carbocycles. The number of hydrogen-bond acceptors (Lipinski definition) is 2. The maximum atomic E-state index is 12.8. The lowest BCUT2D eigenvalue weighted by molar-refractivity contribution is 0.147. The van der Waals surface area contributed by atoms with Gasteiger partial charge in [-0.15, -0.1) is 0 Å². The van der Waals surface area contributed by atoms with Crippen molar-refractivity contribution in [3.8, 4) is 0 Å². The fourth-order valence-electron chi connectivity index (χ4n) is 0.814. The van der Waals surface area contributed by atoms with Crippen LogP contribution in [-0.4, -0.2) is 6.09 Å². The molecule has 0 fully saturated rings. The quantitative estimate of drug-likeness (QED) is 0.763. The van der Waals surface area contributed by atoms with Gasteiger partial charge in [0.25, 0.3) is 0 Å². The van der Waals surface area contributed by atoms with Gasteiger partial charge >= 0.3 is 6.09 Å². The zero-order valence-corrected chi connectivity index (χ0v) is 6.59. The Morgan fingerprint density at radius 1 is 1.38 bits per heavy atom. The van der Waals surface area contributed by atoms with E-state index in [1.165, 1.54) is 6.07 Å². The van der Waals surface area contributed by atoms with Gasteiger partial charge in [0.15, 0.2) is 0 Å². The molecule has 0 aromatic heterocycles. The second kappa shape index (κ2) is 3.84. The maximum absolute atomic E-state index is 12.8. The summed E-state index contributed by atoms with van der Waals surface area (Å²) in [6.45, 7) is -0.492. The minimum atomic E-state index is -1.07. The lowest BCUT2D eigenvalue weighted by Gasteiger charge is -2.03. The molecule has 1 rings (SSSR count). The summed E-state index contributed by atoms with van der Waals surface area (Å²) in [7, 11) is 0. The summed E-state index contributed by atoms with van der Waals surface area (Å²) in [6, 6.07) is 3.37. The van der Waals surface area contributed by atoms with Crippen molar-refractivity contribution in [2.75, 3.05) is 0 Å². The molecular formula is C8H7F2NO2. The molecule has 70 valence electrons. The second-order valence-electron chi connectivity index (χ2n) is 2.31. The molecule has 0 aliphatic heterocycles. The van der Waals surface area contributed by atoms with Gasteiger partial charge in [0.2, 0.25) is 0 Å². The molecule has 1 amide bonds. The van der Waals surface area contributed by atoms with E-state index in [-0.39, 0.29) is 5.56 Å². The van der Waals surface area contributed by atoms with E-state index in [1.54, 1.807) is 0 Å². The summed E-state index contributed by atoms with van der Waals surface area (Å²) >= 11 is 0. The molecule has 2 N–H and O–H groups in total. The average molecular weight is 187 g/mol. The third-order valence-electron chi connectivity index (χ3n) is 1.42. The van der Waals surface area contributed by atoms with E-state index in [2.05, 4.69) is 10.5 Å². The highest BCUT2D eigenvalue weighted by atomic mass is 19.1. The average Bonchev–Trinajstić information content (AvgIpc) is 2.03. The smallest absolute Gasteiger partial charge is 0.404 e. The number of benzene rings is 1. The first-order chi connectivity index (χ1) is 6.11. The molecule has 0 atom stereocenters. The van der Waals surface area contributed by atoms with E-state index in [1.807, 2.05) is 0 Å². The van der Waals surface area contributed by atoms with Crippen molar-refractivity contribution < 1.29 is 18.3 Å². The highest BCUT2D eigenvalue weighted by Gasteiger charge is 2.09. The third kappa shape index (κ3) is 2.40. The first-order valence-corrected chi connectivity index (χ1v) is 3.46. The predicted octanol–water partition coefficient (Wildman–Crippen LogP) is 1.56. The summed E-state index contributed by atoms with van der Waals surface area (Å²) in [5.41, 5.74) is 4.33. The summed E-state index contributed by atoms with van der Waals surface area (Å²) < 4.78 is 29.9. The molecule has 13 heavy (non-hydrogen) atoms. The number of primary amides is 1. The van der Waals surface area contributed by atoms with Gasteiger partial charge in [0.1, 0.15) is 18.2 Å². The van der Waals surface area contributed by atoms with Gasteiger partial charge in [0.05, 0.1) is 5.56 Å². The van der Waals surface area contributed by atoms with Crippen LogP contribution in [0.3, 0.4) is 0 Å². The standard InChI is InChI=1S/C8H7F2NO2/c9-6-2-1-3-7(10)5(6)4-13-8(11)12/h1-3H,4H2,(H2,11,12). The molecule has 0 heterocycles. The van der Waals surface area contributed by atoms with E-state index in [9.17, 15) is 13.6 Å². The summed E-state index contributed by atoms with van der Waals surface area (Å²) in [5.74, 6) is -1.53. The van der Waals surface area contributed by atoms with Crippen molar-refractivity contribution in [1.29, 1.82) is 0 Å². The van der Waals surface area contributed by atoms with E-state index >= 15 is 0 Å². The van der Waals surface area contributed by atoms with Gasteiger partial charge in [-0.1, -0.05) is 6.07 Å². The number of amides is 1. The van der Waals surface area contributed by atoms with Gasteiger partial charge < -0.3 is 10.5 Å². The molecular weight excluding hydrogens is 180 g/mol. The zero-order chi connectivity index (χ0) is 9.84. The van der Waals surface area contributed by atoms with Crippen LogP contribution in [0.2, 0.25) is 0 Å². The van der Waals surface area contributed by atoms with Crippen molar-refractivity contribution in [3.05, 3.63) is 35.4 Å². The number of halogens is 2. The largest absolute Gasteiger partial charge is 0.445 e. The van der Waals surface area contributed by atoms with Crippen LogP contribution in [0.15, 0.2) is 18.2 Å². The van der Waals surface area contributed by atoms with Crippen molar-refractivity contribution in [1.82, 2.24) is 0 Å². The van der Waals surface area contributed by atoms with Crippen LogP contribution in [0, 0.1) is 11.6 Å². The third-order valence-corrected chi connectivity index (χ3v) is 1.42. The van der Waals surface area contributed by atoms with Crippen LogP contribution in [0.25, 0.3) is 0 Å². The Kier molecular flexibility index (Phi) is 2.79. The van der Waals surface area contributed by atoms with E-state index in [4.69, 9.17) is 0 Å². The molecule has 1 aromatic carbocycles. The SMILES string of the molecule is NC(=O)OCc1c(F)cccc1F. The first kappa shape index (κ1) is 9.44. The Morgan fingerprint density at radius 3 is 2.38 bits per heavy atom. The lowest BCUT2D eigenvalue weighted by atomic mass is 10.2. The van der Waals surface area contributed by atoms with Gasteiger partial charge in [-0.2, -0.15) is 0 Å².